The van der Waals surface area contributed by atoms with Gasteiger partial charge in [0.05, 0.1) is 39.7 Å². The fourth-order valence-electron chi connectivity index (χ4n) is 10.5. The lowest BCUT2D eigenvalue weighted by molar-refractivity contribution is 0.186. The number of hydrogen-bond donors (Lipinski definition) is 0. The molecule has 0 unspecified atom stereocenters. The molecule has 3 aromatic heterocycles. The molecule has 0 aliphatic carbocycles. The van der Waals surface area contributed by atoms with Crippen molar-refractivity contribution in [1.82, 2.24) is 23.1 Å². The normalized spacial score (nSPS) is 20.6. The van der Waals surface area contributed by atoms with E-state index >= 15 is 0 Å². The third kappa shape index (κ3) is 6.34. The second kappa shape index (κ2) is 14.5. The minimum absolute atomic E-state index is 0.00380. The number of quaternary nitrogens is 2. The number of aromatic nitrogens is 3. The molecule has 6 heterocycles. The SMILES string of the molecule is [2H]c1c([2H])c([2H])c2c(c1[2H])c1c([2H])c([2H])c([2H])c([2H])c1n2-c1ccc2c3ccc(Oc4cccc([N@@+]56[CH-][N@@+](c7cc(C(C)(C)C)cc(C(C)(C)C)c7)(C5)c5c(C([2H])([2H])[2H])cccc56)c4)cc3n(-c3cc(C(C)(C)C)ccn3)c2c1. The smallest absolute Gasteiger partial charge is 0.186 e. The molecular formula is C62H60N5O+. The average molecular weight is 902 g/mol. The first-order valence-corrected chi connectivity index (χ1v) is 23.2. The summed E-state index contributed by atoms with van der Waals surface area (Å²) in [7, 11) is 0. The zero-order valence-electron chi connectivity index (χ0n) is 50.9. The lowest BCUT2D eigenvalue weighted by atomic mass is 9.80. The monoisotopic (exact) mass is 902 g/mol. The van der Waals surface area contributed by atoms with Crippen molar-refractivity contribution in [3.8, 4) is 23.0 Å². The van der Waals surface area contributed by atoms with Crippen molar-refractivity contribution in [2.24, 2.45) is 0 Å². The Bertz CT molecular complexity index is 4170. The summed E-state index contributed by atoms with van der Waals surface area (Å²) < 4.78 is 108. The van der Waals surface area contributed by atoms with Gasteiger partial charge in [0.1, 0.15) is 28.7 Å². The summed E-state index contributed by atoms with van der Waals surface area (Å²) in [4.78, 5) is 4.94. The molecule has 1 saturated heterocycles. The number of fused-ring (bicyclic) bond motifs is 6. The third-order valence-electron chi connectivity index (χ3n) is 14.2. The van der Waals surface area contributed by atoms with Crippen LogP contribution >= 0.6 is 0 Å². The van der Waals surface area contributed by atoms with Crippen molar-refractivity contribution >= 4 is 66.4 Å². The van der Waals surface area contributed by atoms with Crippen molar-refractivity contribution in [2.45, 2.75) is 85.4 Å². The number of benzene rings is 7. The van der Waals surface area contributed by atoms with Crippen LogP contribution < -0.4 is 13.7 Å². The van der Waals surface area contributed by atoms with E-state index in [4.69, 9.17) is 22.1 Å². The van der Waals surface area contributed by atoms with E-state index in [1.165, 1.54) is 15.7 Å². The zero-order valence-corrected chi connectivity index (χ0v) is 39.9. The summed E-state index contributed by atoms with van der Waals surface area (Å²) in [5.74, 6) is 1.71. The third-order valence-corrected chi connectivity index (χ3v) is 14.2. The van der Waals surface area contributed by atoms with E-state index in [1.54, 1.807) is 18.3 Å². The first kappa shape index (κ1) is 31.9. The second-order valence-electron chi connectivity index (χ2n) is 21.7. The molecule has 6 nitrogen and oxygen atoms in total. The van der Waals surface area contributed by atoms with E-state index in [9.17, 15) is 2.74 Å². The highest BCUT2D eigenvalue weighted by Crippen LogP contribution is 2.66. The van der Waals surface area contributed by atoms with Gasteiger partial charge in [-0.1, -0.05) is 129 Å². The lowest BCUT2D eigenvalue weighted by Crippen LogP contribution is -2.67. The fraction of sp³-hybridized carbons (Fsp3) is 0.226. The Labute approximate surface area is 415 Å². The van der Waals surface area contributed by atoms with Gasteiger partial charge in [0.25, 0.3) is 0 Å². The maximum atomic E-state index is 9.17. The van der Waals surface area contributed by atoms with Gasteiger partial charge in [0, 0.05) is 73.4 Å². The molecule has 0 spiro atoms. The second-order valence-corrected chi connectivity index (χ2v) is 21.7. The Morgan fingerprint density at radius 3 is 1.84 bits per heavy atom. The standard InChI is InChI=1S/C62H60N5O/c1-40-17-15-24-57-59(40)67(46-32-42(61(5,6)7)31-43(33-46)62(8,9)10)38-66(57,39-67)45-18-16-19-47(36-45)68-48-26-28-52-51-27-25-44(64-53-22-13-11-20-49(53)50-21-12-14-23-54(50)64)35-55(51)65(56(52)37-48)58-34-41(29-30-63-58)60(2,3)4/h11-38H,39H2,1-10H3/q+1/t66-,67+/m1/s1/i1D3,11D,12D,13D,14D,20D,21D,22D,23D. The van der Waals surface area contributed by atoms with Crippen molar-refractivity contribution in [1.29, 1.82) is 0 Å². The van der Waals surface area contributed by atoms with Gasteiger partial charge in [0.2, 0.25) is 0 Å². The summed E-state index contributed by atoms with van der Waals surface area (Å²) in [5.41, 5.74) is 8.71. The first-order chi connectivity index (χ1) is 37.0. The van der Waals surface area contributed by atoms with Crippen LogP contribution in [0.25, 0.3) is 55.1 Å². The predicted molar refractivity (Wildman–Crippen MR) is 285 cm³/mol. The Kier molecular flexibility index (Phi) is 6.80. The highest BCUT2D eigenvalue weighted by Gasteiger charge is 2.63. The number of rotatable bonds is 6. The molecule has 0 N–H and O–H groups in total. The molecule has 7 aromatic carbocycles. The lowest BCUT2D eigenvalue weighted by Gasteiger charge is -2.56. The highest BCUT2D eigenvalue weighted by atomic mass is 16.5. The summed E-state index contributed by atoms with van der Waals surface area (Å²) in [5, 5.41) is 1.70. The number of para-hydroxylation sites is 3. The van der Waals surface area contributed by atoms with E-state index in [2.05, 4.69) is 99.3 Å². The number of nitrogens with zero attached hydrogens (tertiary/aromatic N) is 5. The van der Waals surface area contributed by atoms with E-state index in [-0.39, 0.29) is 54.6 Å². The molecule has 13 rings (SSSR count). The number of aryl methyl sites for hydroxylation is 1. The maximum absolute atomic E-state index is 9.17. The van der Waals surface area contributed by atoms with Crippen LogP contribution in [0.4, 0.5) is 22.7 Å². The minimum Gasteiger partial charge on any atom is -0.457 e. The van der Waals surface area contributed by atoms with Crippen molar-refractivity contribution in [3.05, 3.63) is 193 Å². The van der Waals surface area contributed by atoms with Crippen LogP contribution in [0.2, 0.25) is 0 Å². The van der Waals surface area contributed by atoms with Gasteiger partial charge in [-0.15, -0.1) is 0 Å². The van der Waals surface area contributed by atoms with Crippen LogP contribution in [0.1, 0.15) is 99.6 Å². The molecule has 2 bridgehead atoms. The molecule has 3 aliphatic heterocycles. The molecule has 2 atom stereocenters. The Morgan fingerprint density at radius 2 is 1.18 bits per heavy atom. The van der Waals surface area contributed by atoms with Crippen LogP contribution in [-0.2, 0) is 16.2 Å². The molecule has 0 radical (unpaired) electrons. The Balaban J connectivity index is 1.02. The van der Waals surface area contributed by atoms with Gasteiger partial charge < -0.3 is 9.30 Å². The maximum Gasteiger partial charge on any atom is 0.186 e. The quantitative estimate of drug-likeness (QED) is 0.123. The predicted octanol–water partition coefficient (Wildman–Crippen LogP) is 16.7. The zero-order chi connectivity index (χ0) is 56.6. The number of pyridine rings is 1. The largest absolute Gasteiger partial charge is 0.457 e. The van der Waals surface area contributed by atoms with Gasteiger partial charge in [-0.05, 0) is 100 Å². The first-order valence-electron chi connectivity index (χ1n) is 28.7. The van der Waals surface area contributed by atoms with Crippen LogP contribution in [0.15, 0.2) is 164 Å². The Hall–Kier alpha value is -6.99. The van der Waals surface area contributed by atoms with E-state index < -0.39 is 43.1 Å². The van der Waals surface area contributed by atoms with Crippen LogP contribution in [-0.4, -0.2) is 20.8 Å². The highest BCUT2D eigenvalue weighted by molar-refractivity contribution is 6.12. The Morgan fingerprint density at radius 1 is 0.559 bits per heavy atom. The molecule has 0 amide bonds. The van der Waals surface area contributed by atoms with Crippen LogP contribution in [0, 0.1) is 13.5 Å². The molecule has 338 valence electrons. The minimum atomic E-state index is -2.36. The van der Waals surface area contributed by atoms with Crippen LogP contribution in [0.5, 0.6) is 11.5 Å². The van der Waals surface area contributed by atoms with Gasteiger partial charge in [-0.3, -0.25) is 13.5 Å². The van der Waals surface area contributed by atoms with Gasteiger partial charge in [-0.2, -0.15) is 0 Å². The summed E-state index contributed by atoms with van der Waals surface area (Å²) in [6, 6.07) is 32.4. The summed E-state index contributed by atoms with van der Waals surface area (Å²) >= 11 is 0. The summed E-state index contributed by atoms with van der Waals surface area (Å²) in [6.07, 6.45) is 1.78. The van der Waals surface area contributed by atoms with Gasteiger partial charge in [0.15, 0.2) is 18.0 Å². The van der Waals surface area contributed by atoms with Crippen molar-refractivity contribution in [3.63, 3.8) is 0 Å². The molecule has 10 aromatic rings. The van der Waals surface area contributed by atoms with Gasteiger partial charge >= 0.3 is 0 Å². The molecular weight excluding hydrogens is 831 g/mol. The molecule has 68 heavy (non-hydrogen) atoms. The van der Waals surface area contributed by atoms with Crippen LogP contribution in [0.3, 0.4) is 0 Å². The molecule has 0 saturated carbocycles. The van der Waals surface area contributed by atoms with Crippen molar-refractivity contribution in [2.75, 3.05) is 6.67 Å². The topological polar surface area (TPSA) is 32.0 Å². The van der Waals surface area contributed by atoms with Crippen molar-refractivity contribution < 1.29 is 19.8 Å². The molecule has 1 fully saturated rings. The average Bonchev–Trinajstić information content (AvgIpc) is 2.37. The van der Waals surface area contributed by atoms with E-state index in [0.29, 0.717) is 45.2 Å². The van der Waals surface area contributed by atoms with Gasteiger partial charge in [-0.25, -0.2) is 4.98 Å². The van der Waals surface area contributed by atoms with E-state index in [1.807, 2.05) is 71.3 Å². The molecule has 6 heteroatoms. The van der Waals surface area contributed by atoms with E-state index in [0.717, 1.165) is 44.6 Å². The fourth-order valence-corrected chi connectivity index (χ4v) is 10.5. The summed E-state index contributed by atoms with van der Waals surface area (Å²) in [6.45, 7) is 20.1. The number of hydrogen-bond acceptors (Lipinski definition) is 2. The number of ether oxygens (including phenoxy) is 1. The molecule has 3 aliphatic rings.